The van der Waals surface area contributed by atoms with Gasteiger partial charge in [-0.3, -0.25) is 9.59 Å². The quantitative estimate of drug-likeness (QED) is 0.612. The van der Waals surface area contributed by atoms with Gasteiger partial charge >= 0.3 is 5.97 Å². The van der Waals surface area contributed by atoms with Gasteiger partial charge in [0.1, 0.15) is 6.04 Å². The molecule has 0 aromatic carbocycles. The second kappa shape index (κ2) is 9.05. The van der Waals surface area contributed by atoms with Gasteiger partial charge in [0.15, 0.2) is 5.78 Å². The fourth-order valence-electron chi connectivity index (χ4n) is 3.28. The van der Waals surface area contributed by atoms with E-state index in [0.29, 0.717) is 11.6 Å². The molecular weight excluding hydrogens is 322 g/mol. The number of nitrogens with zero attached hydrogens (tertiary/aromatic N) is 3. The van der Waals surface area contributed by atoms with Crippen molar-refractivity contribution in [2.75, 3.05) is 13.1 Å². The average Bonchev–Trinajstić information content (AvgIpc) is 3.04. The smallest absolute Gasteiger partial charge is 0.303 e. The number of piperidine rings is 1. The second-order valence-electron chi connectivity index (χ2n) is 7.23. The monoisotopic (exact) mass is 351 g/mol. The van der Waals surface area contributed by atoms with Crippen LogP contribution < -0.4 is 11.1 Å². The predicted molar refractivity (Wildman–Crippen MR) is 92.9 cm³/mol. The van der Waals surface area contributed by atoms with Crippen molar-refractivity contribution < 1.29 is 14.7 Å². The summed E-state index contributed by atoms with van der Waals surface area (Å²) in [6.07, 6.45) is 4.18. The van der Waals surface area contributed by atoms with Crippen LogP contribution in [0.2, 0.25) is 0 Å². The van der Waals surface area contributed by atoms with E-state index in [1.807, 2.05) is 0 Å². The number of hydrogen-bond donors (Lipinski definition) is 3. The topological polar surface area (TPSA) is 123 Å². The molecule has 4 N–H and O–H groups in total. The number of nitrogens with two attached hydrogens (primary N) is 1. The molecule has 1 aromatic heterocycles. The van der Waals surface area contributed by atoms with Crippen LogP contribution in [0, 0.1) is 11.8 Å². The summed E-state index contributed by atoms with van der Waals surface area (Å²) >= 11 is 0. The first kappa shape index (κ1) is 19.5. The third-order valence-electron chi connectivity index (χ3n) is 4.65. The van der Waals surface area contributed by atoms with Crippen molar-refractivity contribution in [2.24, 2.45) is 17.6 Å². The minimum Gasteiger partial charge on any atom is -0.481 e. The fraction of sp³-hybridized carbons (Fsp3) is 0.765. The third kappa shape index (κ3) is 5.61. The standard InChI is InChI=1S/C17H29N5O3/c1-11(2)9-13(18)14-10-22(21-20-14)15(3-4-16(23)24)17(25)12-5-7-19-8-6-12/h10-13,15,19H,3-9,18H2,1-2H3,(H,23,24)/t13-,15?/m0/s1. The molecule has 1 aromatic rings. The van der Waals surface area contributed by atoms with Crippen molar-refractivity contribution in [1.29, 1.82) is 0 Å². The first-order valence-corrected chi connectivity index (χ1v) is 9.02. The Labute approximate surface area is 148 Å². The van der Waals surface area contributed by atoms with E-state index in [1.54, 1.807) is 6.20 Å². The van der Waals surface area contributed by atoms with Crippen LogP contribution in [0.1, 0.15) is 63.7 Å². The van der Waals surface area contributed by atoms with Gasteiger partial charge in [0, 0.05) is 12.3 Å². The maximum atomic E-state index is 12.9. The van der Waals surface area contributed by atoms with Crippen molar-refractivity contribution in [3.8, 4) is 0 Å². The lowest BCUT2D eigenvalue weighted by molar-refractivity contribution is -0.137. The van der Waals surface area contributed by atoms with E-state index in [4.69, 9.17) is 10.8 Å². The molecule has 1 unspecified atom stereocenters. The van der Waals surface area contributed by atoms with Crippen LogP contribution >= 0.6 is 0 Å². The van der Waals surface area contributed by atoms with Gasteiger partial charge in [-0.05, 0) is 44.7 Å². The zero-order valence-electron chi connectivity index (χ0n) is 15.0. The Bertz CT molecular complexity index is 581. The number of Topliss-reactive ketones (excluding diaryl/α,β-unsaturated/α-hetero) is 1. The van der Waals surface area contributed by atoms with Crippen LogP contribution in [-0.4, -0.2) is 44.9 Å². The van der Waals surface area contributed by atoms with Gasteiger partial charge in [-0.15, -0.1) is 5.10 Å². The first-order valence-electron chi connectivity index (χ1n) is 9.02. The van der Waals surface area contributed by atoms with Crippen LogP contribution in [0.25, 0.3) is 0 Å². The molecule has 0 radical (unpaired) electrons. The Morgan fingerprint density at radius 3 is 2.68 bits per heavy atom. The van der Waals surface area contributed by atoms with E-state index in [9.17, 15) is 9.59 Å². The molecule has 0 amide bonds. The molecule has 2 atom stereocenters. The molecule has 1 fully saturated rings. The average molecular weight is 351 g/mol. The van der Waals surface area contributed by atoms with Gasteiger partial charge < -0.3 is 16.2 Å². The molecule has 2 heterocycles. The lowest BCUT2D eigenvalue weighted by Crippen LogP contribution is -2.36. The number of carbonyl (C=O) groups excluding carboxylic acids is 1. The Hall–Kier alpha value is -1.80. The van der Waals surface area contributed by atoms with E-state index in [2.05, 4.69) is 29.5 Å². The zero-order chi connectivity index (χ0) is 18.4. The molecule has 140 valence electrons. The van der Waals surface area contributed by atoms with E-state index in [0.717, 1.165) is 32.4 Å². The maximum Gasteiger partial charge on any atom is 0.303 e. The number of hydrogen-bond acceptors (Lipinski definition) is 6. The molecule has 0 aliphatic carbocycles. The summed E-state index contributed by atoms with van der Waals surface area (Å²) in [5.41, 5.74) is 6.79. The van der Waals surface area contributed by atoms with Crippen LogP contribution in [0.3, 0.4) is 0 Å². The second-order valence-corrected chi connectivity index (χ2v) is 7.23. The third-order valence-corrected chi connectivity index (χ3v) is 4.65. The molecule has 0 bridgehead atoms. The van der Waals surface area contributed by atoms with Gasteiger partial charge in [-0.2, -0.15) is 0 Å². The normalized spacial score (nSPS) is 18.2. The maximum absolute atomic E-state index is 12.9. The Balaban J connectivity index is 2.15. The molecule has 8 nitrogen and oxygen atoms in total. The zero-order valence-corrected chi connectivity index (χ0v) is 15.0. The summed E-state index contributed by atoms with van der Waals surface area (Å²) in [4.78, 5) is 23.9. The van der Waals surface area contributed by atoms with Crippen molar-refractivity contribution in [3.05, 3.63) is 11.9 Å². The highest BCUT2D eigenvalue weighted by atomic mass is 16.4. The first-order chi connectivity index (χ1) is 11.9. The SMILES string of the molecule is CC(C)C[C@H](N)c1cn(C(CCC(=O)O)C(=O)C2CCNCC2)nn1. The van der Waals surface area contributed by atoms with E-state index < -0.39 is 12.0 Å². The number of carboxylic acid groups (broad SMARTS) is 1. The summed E-state index contributed by atoms with van der Waals surface area (Å²) < 4.78 is 1.52. The van der Waals surface area contributed by atoms with Gasteiger partial charge in [-0.25, -0.2) is 4.68 Å². The number of aromatic nitrogens is 3. The van der Waals surface area contributed by atoms with Crippen molar-refractivity contribution in [1.82, 2.24) is 20.3 Å². The number of rotatable bonds is 9. The Kier molecular flexibility index (Phi) is 7.07. The van der Waals surface area contributed by atoms with Crippen LogP contribution in [-0.2, 0) is 9.59 Å². The molecule has 1 aliphatic heterocycles. The van der Waals surface area contributed by atoms with Crippen LogP contribution in [0.15, 0.2) is 6.20 Å². The lowest BCUT2D eigenvalue weighted by atomic mass is 9.88. The predicted octanol–water partition coefficient (Wildman–Crippen LogP) is 1.30. The van der Waals surface area contributed by atoms with Crippen molar-refractivity contribution in [2.45, 2.75) is 58.0 Å². The van der Waals surface area contributed by atoms with Gasteiger partial charge in [0.25, 0.3) is 0 Å². The van der Waals surface area contributed by atoms with E-state index >= 15 is 0 Å². The highest BCUT2D eigenvalue weighted by Crippen LogP contribution is 2.25. The molecule has 0 saturated carbocycles. The number of carboxylic acids is 1. The minimum absolute atomic E-state index is 0.0524. The van der Waals surface area contributed by atoms with Gasteiger partial charge in [0.2, 0.25) is 0 Å². The van der Waals surface area contributed by atoms with Gasteiger partial charge in [0.05, 0.1) is 17.9 Å². The summed E-state index contributed by atoms with van der Waals surface area (Å²) in [6, 6.07) is -0.824. The summed E-state index contributed by atoms with van der Waals surface area (Å²) in [5.74, 6) is -0.493. The molecular formula is C17H29N5O3. The fourth-order valence-corrected chi connectivity index (χ4v) is 3.28. The Morgan fingerprint density at radius 1 is 1.40 bits per heavy atom. The number of nitrogens with one attached hydrogen (secondary N) is 1. The number of aliphatic carboxylic acids is 1. The van der Waals surface area contributed by atoms with Crippen molar-refractivity contribution in [3.63, 3.8) is 0 Å². The largest absolute Gasteiger partial charge is 0.481 e. The molecule has 2 rings (SSSR count). The molecule has 1 saturated heterocycles. The highest BCUT2D eigenvalue weighted by molar-refractivity contribution is 5.85. The highest BCUT2D eigenvalue weighted by Gasteiger charge is 2.31. The van der Waals surface area contributed by atoms with E-state index in [1.165, 1.54) is 4.68 Å². The summed E-state index contributed by atoms with van der Waals surface area (Å²) in [5, 5.41) is 20.5. The molecule has 1 aliphatic rings. The van der Waals surface area contributed by atoms with Crippen molar-refractivity contribution >= 4 is 11.8 Å². The Morgan fingerprint density at radius 2 is 2.08 bits per heavy atom. The lowest BCUT2D eigenvalue weighted by Gasteiger charge is -2.25. The molecule has 8 heteroatoms. The summed E-state index contributed by atoms with van der Waals surface area (Å²) in [6.45, 7) is 5.79. The number of carbonyl (C=O) groups is 2. The minimum atomic E-state index is -0.917. The van der Waals surface area contributed by atoms with E-state index in [-0.39, 0.29) is 30.6 Å². The van der Waals surface area contributed by atoms with Crippen LogP contribution in [0.4, 0.5) is 0 Å². The number of ketones is 1. The summed E-state index contributed by atoms with van der Waals surface area (Å²) in [7, 11) is 0. The van der Waals surface area contributed by atoms with Crippen LogP contribution in [0.5, 0.6) is 0 Å². The molecule has 25 heavy (non-hydrogen) atoms. The van der Waals surface area contributed by atoms with Gasteiger partial charge in [-0.1, -0.05) is 19.1 Å². The molecule has 0 spiro atoms.